The van der Waals surface area contributed by atoms with Crippen LogP contribution >= 0.6 is 0 Å². The van der Waals surface area contributed by atoms with E-state index in [0.717, 1.165) is 16.8 Å². The Kier molecular flexibility index (Phi) is 11.0. The Morgan fingerprint density at radius 1 is 1.28 bits per heavy atom. The molecular formula is C26H34N8O2. The molecule has 0 spiro atoms. The second kappa shape index (κ2) is 14.2. The Balaban J connectivity index is 0.000000850. The zero-order chi connectivity index (χ0) is 26.5. The quantitative estimate of drug-likeness (QED) is 0.144. The van der Waals surface area contributed by atoms with Crippen LogP contribution in [0.2, 0.25) is 0 Å². The van der Waals surface area contributed by atoms with Crippen LogP contribution in [0.1, 0.15) is 56.1 Å². The summed E-state index contributed by atoms with van der Waals surface area (Å²) in [6.45, 7) is 13.0. The minimum Gasteiger partial charge on any atom is -0.339 e. The number of amides is 1. The molecule has 4 aromatic rings. The number of benzene rings is 1. The minimum atomic E-state index is -0.254. The number of rotatable bonds is 7. The molecule has 3 aromatic heterocycles. The van der Waals surface area contributed by atoms with Gasteiger partial charge in [-0.2, -0.15) is 10.1 Å². The molecule has 10 heteroatoms. The van der Waals surface area contributed by atoms with Gasteiger partial charge in [0.15, 0.2) is 0 Å². The number of aromatic nitrogens is 4. The van der Waals surface area contributed by atoms with E-state index in [9.17, 15) is 4.79 Å². The molecule has 3 heterocycles. The molecule has 0 aliphatic carbocycles. The smallest absolute Gasteiger partial charge is 0.274 e. The van der Waals surface area contributed by atoms with E-state index in [1.54, 1.807) is 22.9 Å². The standard InChI is InChI=1S/C21H22N8O2.C3H6.C2H6/c1-13-6-8-15(20-25-19(31-27-20)9-7-14(2)26-28-22)11-16(13)24-21(30)17-12-23-18-5-3-4-10-29(17)18;1-3-2;1-2/h3-6,8,10-12,28H,7,9,22H2,1-2H3,(H,24,30);3H,1H2,2H3;1-2H3/b26-14+;;. The summed E-state index contributed by atoms with van der Waals surface area (Å²) in [4.78, 5) is 21.6. The van der Waals surface area contributed by atoms with Gasteiger partial charge in [0.2, 0.25) is 11.7 Å². The summed E-state index contributed by atoms with van der Waals surface area (Å²) < 4.78 is 7.08. The number of carbonyl (C=O) groups is 1. The number of nitrogens with zero attached hydrogens (tertiary/aromatic N) is 5. The minimum absolute atomic E-state index is 0.254. The summed E-state index contributed by atoms with van der Waals surface area (Å²) in [5.41, 5.74) is 6.57. The Morgan fingerprint density at radius 2 is 2.03 bits per heavy atom. The van der Waals surface area contributed by atoms with Crippen LogP contribution in [-0.4, -0.2) is 31.1 Å². The Morgan fingerprint density at radius 3 is 2.75 bits per heavy atom. The van der Waals surface area contributed by atoms with Crippen molar-refractivity contribution in [2.75, 3.05) is 5.32 Å². The summed E-state index contributed by atoms with van der Waals surface area (Å²) in [6.07, 6.45) is 6.30. The highest BCUT2D eigenvalue weighted by Crippen LogP contribution is 2.24. The number of imidazole rings is 1. The number of nitrogens with two attached hydrogens (primary N) is 1. The molecule has 1 amide bonds. The summed E-state index contributed by atoms with van der Waals surface area (Å²) in [5.74, 6) is 5.87. The van der Waals surface area contributed by atoms with Crippen LogP contribution in [0, 0.1) is 6.92 Å². The molecule has 0 bridgehead atoms. The Bertz CT molecular complexity index is 1310. The Labute approximate surface area is 211 Å². The van der Waals surface area contributed by atoms with Gasteiger partial charge in [0.1, 0.15) is 11.3 Å². The number of carbonyl (C=O) groups excluding carboxylic acids is 1. The van der Waals surface area contributed by atoms with Gasteiger partial charge in [-0.05, 0) is 51.0 Å². The molecule has 0 saturated carbocycles. The molecule has 190 valence electrons. The van der Waals surface area contributed by atoms with E-state index < -0.39 is 0 Å². The van der Waals surface area contributed by atoms with Gasteiger partial charge in [-0.15, -0.1) is 6.58 Å². The van der Waals surface area contributed by atoms with Crippen molar-refractivity contribution in [2.24, 2.45) is 10.9 Å². The second-order valence-corrected chi connectivity index (χ2v) is 7.45. The number of hydrazone groups is 1. The van der Waals surface area contributed by atoms with E-state index >= 15 is 0 Å². The third-order valence-electron chi connectivity index (χ3n) is 4.82. The summed E-state index contributed by atoms with van der Waals surface area (Å²) in [6, 6.07) is 11.2. The maximum atomic E-state index is 12.8. The van der Waals surface area contributed by atoms with Crippen LogP contribution in [-0.2, 0) is 6.42 Å². The van der Waals surface area contributed by atoms with E-state index in [-0.39, 0.29) is 5.91 Å². The largest absolute Gasteiger partial charge is 0.339 e. The molecule has 0 fully saturated rings. The van der Waals surface area contributed by atoms with Crippen LogP contribution in [0.25, 0.3) is 17.0 Å². The van der Waals surface area contributed by atoms with E-state index in [2.05, 4.69) is 37.7 Å². The highest BCUT2D eigenvalue weighted by molar-refractivity contribution is 6.04. The van der Waals surface area contributed by atoms with E-state index in [1.807, 2.05) is 71.0 Å². The fourth-order valence-electron chi connectivity index (χ4n) is 3.11. The molecule has 0 unspecified atom stereocenters. The van der Waals surface area contributed by atoms with Gasteiger partial charge in [0.05, 0.1) is 6.20 Å². The second-order valence-electron chi connectivity index (χ2n) is 7.45. The van der Waals surface area contributed by atoms with E-state index in [0.29, 0.717) is 41.6 Å². The first kappa shape index (κ1) is 27.9. The molecule has 4 N–H and O–H groups in total. The molecule has 0 saturated heterocycles. The molecule has 36 heavy (non-hydrogen) atoms. The van der Waals surface area contributed by atoms with Gasteiger partial charge in [0.25, 0.3) is 5.91 Å². The molecule has 10 nitrogen and oxygen atoms in total. The normalized spacial score (nSPS) is 10.6. The molecule has 0 atom stereocenters. The molecule has 0 aliphatic heterocycles. The van der Waals surface area contributed by atoms with E-state index in [1.165, 1.54) is 0 Å². The van der Waals surface area contributed by atoms with Crippen LogP contribution < -0.4 is 16.7 Å². The molecule has 4 rings (SSSR count). The van der Waals surface area contributed by atoms with Crippen molar-refractivity contribution in [3.8, 4) is 11.4 Å². The number of hydrogen-bond donors (Lipinski definition) is 3. The SMILES string of the molecule is C/C(CCc1nc(-c2ccc(C)c(NC(=O)c3cnc4ccccn34)c2)no1)=N\NN.C=CC.CC. The monoisotopic (exact) mass is 490 g/mol. The van der Waals surface area contributed by atoms with Crippen LogP contribution in [0.5, 0.6) is 0 Å². The zero-order valence-electron chi connectivity index (χ0n) is 21.4. The number of nitrogens with one attached hydrogen (secondary N) is 2. The van der Waals surface area contributed by atoms with Gasteiger partial charge in [0, 0.05) is 29.6 Å². The fraction of sp³-hybridized carbons (Fsp3) is 0.269. The van der Waals surface area contributed by atoms with Gasteiger partial charge in [-0.1, -0.05) is 43.3 Å². The number of aryl methyl sites for hydroxylation is 2. The van der Waals surface area contributed by atoms with Gasteiger partial charge < -0.3 is 9.84 Å². The first-order valence-electron chi connectivity index (χ1n) is 11.7. The fourth-order valence-corrected chi connectivity index (χ4v) is 3.11. The predicted molar refractivity (Wildman–Crippen MR) is 144 cm³/mol. The lowest BCUT2D eigenvalue weighted by molar-refractivity contribution is 0.102. The average molecular weight is 491 g/mol. The lowest BCUT2D eigenvalue weighted by Crippen LogP contribution is -2.16. The van der Waals surface area contributed by atoms with Crippen LogP contribution in [0.3, 0.4) is 0 Å². The number of anilines is 1. The number of fused-ring (bicyclic) bond motifs is 1. The summed E-state index contributed by atoms with van der Waals surface area (Å²) >= 11 is 0. The zero-order valence-corrected chi connectivity index (χ0v) is 21.4. The van der Waals surface area contributed by atoms with Crippen molar-refractivity contribution in [2.45, 2.75) is 47.5 Å². The number of hydrazine groups is 1. The highest BCUT2D eigenvalue weighted by Gasteiger charge is 2.15. The van der Waals surface area contributed by atoms with E-state index in [4.69, 9.17) is 10.4 Å². The summed E-state index contributed by atoms with van der Waals surface area (Å²) in [7, 11) is 0. The van der Waals surface area contributed by atoms with Crippen LogP contribution in [0.4, 0.5) is 5.69 Å². The molecular weight excluding hydrogens is 456 g/mol. The highest BCUT2D eigenvalue weighted by atomic mass is 16.5. The maximum absolute atomic E-state index is 12.8. The third kappa shape index (κ3) is 7.34. The van der Waals surface area contributed by atoms with Crippen molar-refractivity contribution in [1.82, 2.24) is 25.1 Å². The Hall–Kier alpha value is -4.31. The lowest BCUT2D eigenvalue weighted by Gasteiger charge is -2.09. The van der Waals surface area contributed by atoms with Gasteiger partial charge >= 0.3 is 0 Å². The number of allylic oxidation sites excluding steroid dienone is 1. The van der Waals surface area contributed by atoms with Gasteiger partial charge in [-0.3, -0.25) is 9.20 Å². The molecule has 0 radical (unpaired) electrons. The number of hydrogen-bond acceptors (Lipinski definition) is 8. The molecule has 1 aromatic carbocycles. The first-order valence-corrected chi connectivity index (χ1v) is 11.7. The lowest BCUT2D eigenvalue weighted by atomic mass is 10.1. The summed E-state index contributed by atoms with van der Waals surface area (Å²) in [5, 5.41) is 10.9. The third-order valence-corrected chi connectivity index (χ3v) is 4.82. The number of pyridine rings is 1. The van der Waals surface area contributed by atoms with Crippen LogP contribution in [0.15, 0.2) is 71.1 Å². The van der Waals surface area contributed by atoms with Crippen molar-refractivity contribution < 1.29 is 9.32 Å². The van der Waals surface area contributed by atoms with Crippen molar-refractivity contribution in [3.05, 3.63) is 78.6 Å². The average Bonchev–Trinajstić information content (AvgIpc) is 3.53. The van der Waals surface area contributed by atoms with Crippen molar-refractivity contribution in [1.29, 1.82) is 0 Å². The molecule has 0 aliphatic rings. The first-order chi connectivity index (χ1) is 17.5. The van der Waals surface area contributed by atoms with Gasteiger partial charge in [-0.25, -0.2) is 16.4 Å². The van der Waals surface area contributed by atoms with Crippen molar-refractivity contribution >= 4 is 23.0 Å². The van der Waals surface area contributed by atoms with Crippen molar-refractivity contribution in [3.63, 3.8) is 0 Å². The predicted octanol–water partition coefficient (Wildman–Crippen LogP) is 4.94. The maximum Gasteiger partial charge on any atom is 0.274 e. The topological polar surface area (TPSA) is 136 Å².